The summed E-state index contributed by atoms with van der Waals surface area (Å²) >= 11 is 0. The average Bonchev–Trinajstić information content (AvgIpc) is 2.38. The molecule has 21 heavy (non-hydrogen) atoms. The molecule has 0 aliphatic carbocycles. The van der Waals surface area contributed by atoms with Gasteiger partial charge >= 0.3 is 5.97 Å². The minimum atomic E-state index is -0.548. The summed E-state index contributed by atoms with van der Waals surface area (Å²) in [7, 11) is 0. The van der Waals surface area contributed by atoms with Crippen molar-refractivity contribution in [3.8, 4) is 0 Å². The number of ether oxygens (including phenoxy) is 1. The molecule has 1 aromatic carbocycles. The van der Waals surface area contributed by atoms with Gasteiger partial charge in [-0.05, 0) is 46.8 Å². The molecule has 0 aliphatic heterocycles. The minimum Gasteiger partial charge on any atom is -0.462 e. The van der Waals surface area contributed by atoms with E-state index >= 15 is 0 Å². The molecule has 0 radical (unpaired) electrons. The SMILES string of the molecule is CCOC(=O)c1ccc(N(C(C)C)C(C)C)c([N+](=O)[O-])c1. The molecule has 0 saturated heterocycles. The Bertz CT molecular complexity index is 518. The second-order valence-electron chi connectivity index (χ2n) is 5.28. The molecule has 0 atom stereocenters. The zero-order valence-corrected chi connectivity index (χ0v) is 13.1. The number of hydrogen-bond donors (Lipinski definition) is 0. The van der Waals surface area contributed by atoms with Crippen molar-refractivity contribution in [1.29, 1.82) is 0 Å². The van der Waals surface area contributed by atoms with Crippen molar-refractivity contribution in [2.75, 3.05) is 11.5 Å². The van der Waals surface area contributed by atoms with Crippen LogP contribution in [0.15, 0.2) is 18.2 Å². The van der Waals surface area contributed by atoms with Gasteiger partial charge in [-0.1, -0.05) is 0 Å². The molecule has 0 bridgehead atoms. The molecule has 0 heterocycles. The van der Waals surface area contributed by atoms with E-state index in [2.05, 4.69) is 0 Å². The summed E-state index contributed by atoms with van der Waals surface area (Å²) in [5.41, 5.74) is 0.626. The van der Waals surface area contributed by atoms with Crippen LogP contribution in [0.1, 0.15) is 45.0 Å². The van der Waals surface area contributed by atoms with Crippen molar-refractivity contribution < 1.29 is 14.5 Å². The molecule has 1 aromatic rings. The Hall–Kier alpha value is -2.11. The maximum absolute atomic E-state index is 11.7. The zero-order valence-electron chi connectivity index (χ0n) is 13.1. The Balaban J connectivity index is 3.34. The summed E-state index contributed by atoms with van der Waals surface area (Å²) < 4.78 is 4.88. The number of carbonyl (C=O) groups is 1. The molecule has 0 unspecified atom stereocenters. The van der Waals surface area contributed by atoms with Gasteiger partial charge in [-0.2, -0.15) is 0 Å². The lowest BCUT2D eigenvalue weighted by Crippen LogP contribution is -2.37. The lowest BCUT2D eigenvalue weighted by molar-refractivity contribution is -0.384. The number of nitrogens with zero attached hydrogens (tertiary/aromatic N) is 2. The molecule has 6 heteroatoms. The Morgan fingerprint density at radius 2 is 1.86 bits per heavy atom. The van der Waals surface area contributed by atoms with E-state index in [-0.39, 0.29) is 29.9 Å². The van der Waals surface area contributed by atoms with E-state index in [0.29, 0.717) is 5.69 Å². The Labute approximate surface area is 124 Å². The van der Waals surface area contributed by atoms with Gasteiger partial charge in [0.15, 0.2) is 0 Å². The molecule has 6 nitrogen and oxygen atoms in total. The fourth-order valence-corrected chi connectivity index (χ4v) is 2.38. The summed E-state index contributed by atoms with van der Waals surface area (Å²) in [6, 6.07) is 4.68. The van der Waals surface area contributed by atoms with Gasteiger partial charge in [-0.15, -0.1) is 0 Å². The number of carbonyl (C=O) groups excluding carboxylic acids is 1. The highest BCUT2D eigenvalue weighted by Gasteiger charge is 2.25. The van der Waals surface area contributed by atoms with Crippen LogP contribution >= 0.6 is 0 Å². The van der Waals surface area contributed by atoms with E-state index in [1.54, 1.807) is 19.1 Å². The number of rotatable bonds is 6. The number of benzene rings is 1. The molecular formula is C15H22N2O4. The van der Waals surface area contributed by atoms with Crippen LogP contribution in [0, 0.1) is 10.1 Å². The molecule has 1 rings (SSSR count). The minimum absolute atomic E-state index is 0.0806. The van der Waals surface area contributed by atoms with E-state index in [0.717, 1.165) is 0 Å². The molecule has 0 fully saturated rings. The summed E-state index contributed by atoms with van der Waals surface area (Å²) in [5, 5.41) is 11.3. The summed E-state index contributed by atoms with van der Waals surface area (Å²) in [6.45, 7) is 9.83. The largest absolute Gasteiger partial charge is 0.462 e. The monoisotopic (exact) mass is 294 g/mol. The van der Waals surface area contributed by atoms with Crippen molar-refractivity contribution in [1.82, 2.24) is 0 Å². The van der Waals surface area contributed by atoms with Gasteiger partial charge < -0.3 is 9.64 Å². The standard InChI is InChI=1S/C15H22N2O4/c1-6-21-15(18)12-7-8-13(14(9-12)17(19)20)16(10(2)3)11(4)5/h7-11H,6H2,1-5H3. The van der Waals surface area contributed by atoms with Crippen molar-refractivity contribution in [3.05, 3.63) is 33.9 Å². The van der Waals surface area contributed by atoms with E-state index in [4.69, 9.17) is 4.74 Å². The highest BCUT2D eigenvalue weighted by Crippen LogP contribution is 2.32. The fraction of sp³-hybridized carbons (Fsp3) is 0.533. The summed E-state index contributed by atoms with van der Waals surface area (Å²) in [4.78, 5) is 24.5. The van der Waals surface area contributed by atoms with Crippen LogP contribution in [0.25, 0.3) is 0 Å². The van der Waals surface area contributed by atoms with Crippen LogP contribution in [0.3, 0.4) is 0 Å². The molecule has 0 saturated carbocycles. The van der Waals surface area contributed by atoms with Crippen LogP contribution < -0.4 is 4.90 Å². The maximum Gasteiger partial charge on any atom is 0.338 e. The summed E-state index contributed by atoms with van der Waals surface area (Å²) in [6.07, 6.45) is 0. The maximum atomic E-state index is 11.7. The van der Waals surface area contributed by atoms with Gasteiger partial charge in [0.2, 0.25) is 0 Å². The van der Waals surface area contributed by atoms with Crippen molar-refractivity contribution in [2.45, 2.75) is 46.7 Å². The first-order valence-corrected chi connectivity index (χ1v) is 7.03. The lowest BCUT2D eigenvalue weighted by Gasteiger charge is -2.32. The Morgan fingerprint density at radius 3 is 2.29 bits per heavy atom. The predicted molar refractivity (Wildman–Crippen MR) is 81.8 cm³/mol. The fourth-order valence-electron chi connectivity index (χ4n) is 2.38. The van der Waals surface area contributed by atoms with Crippen molar-refractivity contribution in [2.24, 2.45) is 0 Å². The first-order valence-electron chi connectivity index (χ1n) is 7.03. The van der Waals surface area contributed by atoms with Gasteiger partial charge in [-0.25, -0.2) is 4.79 Å². The van der Waals surface area contributed by atoms with Gasteiger partial charge in [0.05, 0.1) is 17.1 Å². The van der Waals surface area contributed by atoms with Gasteiger partial charge in [0.25, 0.3) is 5.69 Å². The van der Waals surface area contributed by atoms with E-state index < -0.39 is 10.9 Å². The van der Waals surface area contributed by atoms with E-state index in [1.165, 1.54) is 6.07 Å². The van der Waals surface area contributed by atoms with E-state index in [1.807, 2.05) is 32.6 Å². The Morgan fingerprint density at radius 1 is 1.29 bits per heavy atom. The molecular weight excluding hydrogens is 272 g/mol. The second kappa shape index (κ2) is 7.06. The average molecular weight is 294 g/mol. The van der Waals surface area contributed by atoms with Crippen LogP contribution in [0.5, 0.6) is 0 Å². The topological polar surface area (TPSA) is 72.7 Å². The first-order chi connectivity index (χ1) is 9.79. The Kier molecular flexibility index (Phi) is 5.69. The predicted octanol–water partition coefficient (Wildman–Crippen LogP) is 3.39. The van der Waals surface area contributed by atoms with Gasteiger partial charge in [-0.3, -0.25) is 10.1 Å². The van der Waals surface area contributed by atoms with Crippen LogP contribution in [0.2, 0.25) is 0 Å². The van der Waals surface area contributed by atoms with Crippen molar-refractivity contribution in [3.63, 3.8) is 0 Å². The second-order valence-corrected chi connectivity index (χ2v) is 5.28. The number of nitro benzene ring substituents is 1. The van der Waals surface area contributed by atoms with Crippen LogP contribution in [-0.4, -0.2) is 29.6 Å². The van der Waals surface area contributed by atoms with Crippen molar-refractivity contribution >= 4 is 17.3 Å². The number of anilines is 1. The molecule has 0 amide bonds. The summed E-state index contributed by atoms with van der Waals surface area (Å²) in [5.74, 6) is -0.548. The first kappa shape index (κ1) is 16.9. The van der Waals surface area contributed by atoms with Gasteiger partial charge in [0, 0.05) is 18.2 Å². The highest BCUT2D eigenvalue weighted by molar-refractivity contribution is 5.91. The molecule has 0 N–H and O–H groups in total. The third kappa shape index (κ3) is 3.93. The normalized spacial score (nSPS) is 10.8. The quantitative estimate of drug-likeness (QED) is 0.457. The highest BCUT2D eigenvalue weighted by atomic mass is 16.6. The molecule has 0 spiro atoms. The lowest BCUT2D eigenvalue weighted by atomic mass is 10.1. The number of hydrogen-bond acceptors (Lipinski definition) is 5. The molecule has 116 valence electrons. The van der Waals surface area contributed by atoms with Crippen LogP contribution in [0.4, 0.5) is 11.4 Å². The molecule has 0 aliphatic rings. The molecule has 0 aromatic heterocycles. The number of esters is 1. The third-order valence-corrected chi connectivity index (χ3v) is 3.07. The smallest absolute Gasteiger partial charge is 0.338 e. The third-order valence-electron chi connectivity index (χ3n) is 3.07. The van der Waals surface area contributed by atoms with Gasteiger partial charge in [0.1, 0.15) is 5.69 Å². The van der Waals surface area contributed by atoms with E-state index in [9.17, 15) is 14.9 Å². The zero-order chi connectivity index (χ0) is 16.2. The number of nitro groups is 1. The van der Waals surface area contributed by atoms with Crippen LogP contribution in [-0.2, 0) is 4.74 Å².